The van der Waals surface area contributed by atoms with Crippen LogP contribution in [0.25, 0.3) is 40.2 Å². The van der Waals surface area contributed by atoms with Crippen molar-refractivity contribution in [2.24, 2.45) is 17.6 Å². The Morgan fingerprint density at radius 2 is 1.49 bits per heavy atom. The summed E-state index contributed by atoms with van der Waals surface area (Å²) in [4.78, 5) is 81.0. The number of hydrogen-bond donors (Lipinski definition) is 4. The van der Waals surface area contributed by atoms with Crippen LogP contribution in [0.2, 0.25) is 0 Å². The number of primary amides is 1. The number of nitrogens with one attached hydrogen (secondary N) is 3. The first kappa shape index (κ1) is 37.4. The minimum absolute atomic E-state index is 0.0288. The van der Waals surface area contributed by atoms with Crippen LogP contribution in [0, 0.1) is 11.8 Å². The number of benzene rings is 1. The van der Waals surface area contributed by atoms with Gasteiger partial charge in [-0.05, 0) is 11.8 Å². The number of aromatic nitrogens is 4. The predicted molar refractivity (Wildman–Crippen MR) is 184 cm³/mol. The van der Waals surface area contributed by atoms with Crippen molar-refractivity contribution in [2.75, 3.05) is 7.11 Å². The zero-order chi connectivity index (χ0) is 38.4. The summed E-state index contributed by atoms with van der Waals surface area (Å²) < 4.78 is 26.4. The standard InChI is InChI=1S/C35H36N8O10/c1-7-17(4)24(42-30(47)25-26(19-11-9-8-10-12-19)53-33(43-25)22-15-52-34(40-22)35(48)49-6)29(46)41-23(16(2)3)28(45)37-18(5)31-39-21(14-50-31)32-38-20(13-51-32)27(36)44/h8-17,23-24H,5,7H2,1-4,6H3,(H2,36,44)(H,37,45)(H,41,46)(H,42,47). The SMILES string of the molecule is C=C(NC(=O)C(NC(=O)C(NC(=O)c1nc(-c2coc(C(=O)OC)n2)oc1-c1ccccc1)C(C)CC)C(C)C)c1nc(-c2nc(C(N)=O)co2)co1. The minimum atomic E-state index is -1.12. The number of carbonyl (C=O) groups excluding carboxylic acids is 5. The van der Waals surface area contributed by atoms with Gasteiger partial charge in [0.05, 0.1) is 12.8 Å². The number of nitrogens with zero attached hydrogens (tertiary/aromatic N) is 4. The third-order valence-electron chi connectivity index (χ3n) is 8.00. The van der Waals surface area contributed by atoms with E-state index >= 15 is 0 Å². The molecule has 4 heterocycles. The lowest BCUT2D eigenvalue weighted by Crippen LogP contribution is -2.57. The zero-order valence-corrected chi connectivity index (χ0v) is 29.3. The van der Waals surface area contributed by atoms with Crippen LogP contribution in [-0.2, 0) is 14.3 Å². The molecule has 3 unspecified atom stereocenters. The predicted octanol–water partition coefficient (Wildman–Crippen LogP) is 3.60. The van der Waals surface area contributed by atoms with E-state index in [1.807, 2.05) is 6.92 Å². The van der Waals surface area contributed by atoms with Crippen LogP contribution < -0.4 is 21.7 Å². The fraction of sp³-hybridized carbons (Fsp3) is 0.286. The third kappa shape index (κ3) is 8.38. The smallest absolute Gasteiger partial charge is 0.394 e. The Kier molecular flexibility index (Phi) is 11.3. The Balaban J connectivity index is 1.33. The van der Waals surface area contributed by atoms with E-state index in [1.54, 1.807) is 51.1 Å². The molecule has 5 rings (SSSR count). The lowest BCUT2D eigenvalue weighted by molar-refractivity contribution is -0.131. The number of oxazole rings is 4. The Hall–Kier alpha value is -6.85. The van der Waals surface area contributed by atoms with Gasteiger partial charge in [0.1, 0.15) is 30.9 Å². The molecule has 0 fully saturated rings. The highest BCUT2D eigenvalue weighted by atomic mass is 16.5. The fourth-order valence-corrected chi connectivity index (χ4v) is 4.91. The molecule has 0 saturated carbocycles. The summed E-state index contributed by atoms with van der Waals surface area (Å²) in [6.45, 7) is 10.9. The van der Waals surface area contributed by atoms with Crippen molar-refractivity contribution in [1.29, 1.82) is 0 Å². The van der Waals surface area contributed by atoms with Gasteiger partial charge in [-0.2, -0.15) is 4.98 Å². The molecule has 276 valence electrons. The second kappa shape index (κ2) is 16.0. The van der Waals surface area contributed by atoms with E-state index < -0.39 is 53.5 Å². The van der Waals surface area contributed by atoms with Crippen molar-refractivity contribution in [3.8, 4) is 34.5 Å². The summed E-state index contributed by atoms with van der Waals surface area (Å²) in [6.07, 6.45) is 3.88. The van der Waals surface area contributed by atoms with Gasteiger partial charge < -0.3 is 44.1 Å². The molecule has 5 N–H and O–H groups in total. The van der Waals surface area contributed by atoms with Crippen molar-refractivity contribution in [1.82, 2.24) is 35.9 Å². The molecule has 0 saturated heterocycles. The number of hydrogen-bond acceptors (Lipinski definition) is 14. The highest BCUT2D eigenvalue weighted by Crippen LogP contribution is 2.30. The number of carbonyl (C=O) groups is 5. The normalized spacial score (nSPS) is 12.8. The molecular weight excluding hydrogens is 692 g/mol. The summed E-state index contributed by atoms with van der Waals surface area (Å²) in [5.41, 5.74) is 5.56. The summed E-state index contributed by atoms with van der Waals surface area (Å²) in [6, 6.07) is 6.46. The van der Waals surface area contributed by atoms with Gasteiger partial charge >= 0.3 is 11.9 Å². The van der Waals surface area contributed by atoms with Crippen LogP contribution >= 0.6 is 0 Å². The first-order chi connectivity index (χ1) is 25.3. The minimum Gasteiger partial charge on any atom is -0.462 e. The van der Waals surface area contributed by atoms with Crippen LogP contribution in [-0.4, -0.2) is 68.7 Å². The molecule has 4 amide bonds. The molecule has 0 aliphatic heterocycles. The summed E-state index contributed by atoms with van der Waals surface area (Å²) in [5.74, 6) is -4.95. The first-order valence-electron chi connectivity index (χ1n) is 16.2. The molecule has 0 spiro atoms. The number of ether oxygens (including phenoxy) is 1. The quantitative estimate of drug-likeness (QED) is 0.112. The lowest BCUT2D eigenvalue weighted by Gasteiger charge is -2.27. The Bertz CT molecular complexity index is 2140. The summed E-state index contributed by atoms with van der Waals surface area (Å²) >= 11 is 0. The fourth-order valence-electron chi connectivity index (χ4n) is 4.91. The van der Waals surface area contributed by atoms with Gasteiger partial charge in [-0.3, -0.25) is 19.2 Å². The number of nitrogens with two attached hydrogens (primary N) is 1. The first-order valence-corrected chi connectivity index (χ1v) is 16.2. The number of amides is 4. The monoisotopic (exact) mass is 728 g/mol. The molecular formula is C35H36N8O10. The van der Waals surface area contributed by atoms with Gasteiger partial charge in [0.25, 0.3) is 11.8 Å². The number of rotatable bonds is 15. The van der Waals surface area contributed by atoms with Crippen LogP contribution in [0.4, 0.5) is 0 Å². The van der Waals surface area contributed by atoms with Gasteiger partial charge in [-0.25, -0.2) is 19.7 Å². The van der Waals surface area contributed by atoms with Crippen molar-refractivity contribution < 1.29 is 46.4 Å². The Morgan fingerprint density at radius 3 is 2.11 bits per heavy atom. The van der Waals surface area contributed by atoms with Crippen LogP contribution in [0.3, 0.4) is 0 Å². The summed E-state index contributed by atoms with van der Waals surface area (Å²) in [5, 5.41) is 8.10. The van der Waals surface area contributed by atoms with Crippen molar-refractivity contribution in [2.45, 2.75) is 46.2 Å². The molecule has 18 heteroatoms. The molecule has 5 aromatic rings. The zero-order valence-electron chi connectivity index (χ0n) is 29.3. The van der Waals surface area contributed by atoms with E-state index in [2.05, 4.69) is 47.2 Å². The lowest BCUT2D eigenvalue weighted by atomic mass is 9.96. The van der Waals surface area contributed by atoms with Gasteiger partial charge in [-0.1, -0.05) is 71.0 Å². The highest BCUT2D eigenvalue weighted by Gasteiger charge is 2.34. The molecule has 1 aromatic carbocycles. The van der Waals surface area contributed by atoms with E-state index in [0.717, 1.165) is 12.5 Å². The van der Waals surface area contributed by atoms with Crippen molar-refractivity contribution in [3.05, 3.63) is 78.9 Å². The topological polar surface area (TPSA) is 261 Å². The number of esters is 1. The van der Waals surface area contributed by atoms with Crippen molar-refractivity contribution in [3.63, 3.8) is 0 Å². The molecule has 0 aliphatic carbocycles. The third-order valence-corrected chi connectivity index (χ3v) is 8.00. The molecule has 18 nitrogen and oxygen atoms in total. The van der Waals surface area contributed by atoms with E-state index in [-0.39, 0.29) is 57.8 Å². The van der Waals surface area contributed by atoms with Crippen LogP contribution in [0.1, 0.15) is 71.7 Å². The van der Waals surface area contributed by atoms with Gasteiger partial charge in [-0.15, -0.1) is 0 Å². The van der Waals surface area contributed by atoms with Crippen LogP contribution in [0.15, 0.2) is 73.4 Å². The van der Waals surface area contributed by atoms with Gasteiger partial charge in [0.15, 0.2) is 28.5 Å². The summed E-state index contributed by atoms with van der Waals surface area (Å²) in [7, 11) is 1.17. The van der Waals surface area contributed by atoms with Crippen molar-refractivity contribution >= 4 is 35.3 Å². The maximum Gasteiger partial charge on any atom is 0.394 e. The van der Waals surface area contributed by atoms with Gasteiger partial charge in [0, 0.05) is 5.56 Å². The average Bonchev–Trinajstić information content (AvgIpc) is 3.98. The molecule has 3 atom stereocenters. The second-order valence-electron chi connectivity index (χ2n) is 12.1. The number of methoxy groups -OCH3 is 1. The van der Waals surface area contributed by atoms with E-state index in [9.17, 15) is 24.0 Å². The van der Waals surface area contributed by atoms with Crippen LogP contribution in [0.5, 0.6) is 0 Å². The van der Waals surface area contributed by atoms with E-state index in [4.69, 9.17) is 23.4 Å². The molecule has 0 radical (unpaired) electrons. The highest BCUT2D eigenvalue weighted by molar-refractivity contribution is 6.01. The Labute approximate surface area is 301 Å². The molecule has 4 aromatic heterocycles. The second-order valence-corrected chi connectivity index (χ2v) is 12.1. The average molecular weight is 729 g/mol. The maximum atomic E-state index is 13.9. The largest absolute Gasteiger partial charge is 0.462 e. The maximum absolute atomic E-state index is 13.9. The van der Waals surface area contributed by atoms with E-state index in [1.165, 1.54) is 13.4 Å². The molecule has 0 bridgehead atoms. The molecule has 0 aliphatic rings. The Morgan fingerprint density at radius 1 is 0.830 bits per heavy atom. The van der Waals surface area contributed by atoms with E-state index in [0.29, 0.717) is 12.0 Å². The molecule has 53 heavy (non-hydrogen) atoms. The van der Waals surface area contributed by atoms with Gasteiger partial charge in [0.2, 0.25) is 29.5 Å².